The van der Waals surface area contributed by atoms with E-state index in [9.17, 15) is 4.79 Å². The second-order valence-electron chi connectivity index (χ2n) is 4.59. The number of fused-ring (bicyclic) bond motifs is 1. The first-order chi connectivity index (χ1) is 9.24. The summed E-state index contributed by atoms with van der Waals surface area (Å²) in [5.41, 5.74) is 2.78. The van der Waals surface area contributed by atoms with Crippen LogP contribution in [0.4, 0.5) is 0 Å². The molecule has 3 aromatic rings. The Bertz CT molecular complexity index is 724. The van der Waals surface area contributed by atoms with E-state index in [0.29, 0.717) is 12.8 Å². The van der Waals surface area contributed by atoms with Gasteiger partial charge in [-0.1, -0.05) is 18.2 Å². The largest absolute Gasteiger partial charge is 0.464 e. The van der Waals surface area contributed by atoms with Gasteiger partial charge in [-0.3, -0.25) is 0 Å². The van der Waals surface area contributed by atoms with Crippen LogP contribution in [0, 0.1) is 0 Å². The summed E-state index contributed by atoms with van der Waals surface area (Å²) in [6.07, 6.45) is 4.67. The van der Waals surface area contributed by atoms with Gasteiger partial charge in [0.05, 0.1) is 11.9 Å². The fourth-order valence-electron chi connectivity index (χ4n) is 2.11. The molecule has 0 saturated carbocycles. The maximum atomic E-state index is 11.0. The van der Waals surface area contributed by atoms with E-state index >= 15 is 0 Å². The molecule has 0 bridgehead atoms. The number of ketones is 1. The topological polar surface area (TPSA) is 58.9 Å². The summed E-state index contributed by atoms with van der Waals surface area (Å²) in [5.74, 6) is 1.00. The molecule has 19 heavy (non-hydrogen) atoms. The number of rotatable bonds is 4. The van der Waals surface area contributed by atoms with Gasteiger partial charge in [-0.25, -0.2) is 4.98 Å². The maximum absolute atomic E-state index is 11.0. The van der Waals surface area contributed by atoms with Crippen molar-refractivity contribution < 1.29 is 9.21 Å². The number of nitrogens with one attached hydrogen (secondary N) is 1. The predicted octanol–water partition coefficient (Wildman–Crippen LogP) is 3.34. The molecule has 1 N–H and O–H groups in total. The van der Waals surface area contributed by atoms with Crippen molar-refractivity contribution in [2.75, 3.05) is 0 Å². The lowest BCUT2D eigenvalue weighted by Crippen LogP contribution is -1.95. The lowest BCUT2D eigenvalue weighted by Gasteiger charge is -1.94. The number of H-pyrrole nitrogens is 1. The average Bonchev–Trinajstić information content (AvgIpc) is 3.02. The molecule has 0 radical (unpaired) electrons. The molecule has 1 aromatic carbocycles. The van der Waals surface area contributed by atoms with Gasteiger partial charge in [0, 0.05) is 23.8 Å². The van der Waals surface area contributed by atoms with Gasteiger partial charge < -0.3 is 14.2 Å². The molecule has 0 aliphatic rings. The van der Waals surface area contributed by atoms with Gasteiger partial charge in [0.2, 0.25) is 0 Å². The number of benzene rings is 1. The first-order valence-corrected chi connectivity index (χ1v) is 6.24. The van der Waals surface area contributed by atoms with Crippen LogP contribution >= 0.6 is 0 Å². The van der Waals surface area contributed by atoms with Crippen molar-refractivity contribution in [1.29, 1.82) is 0 Å². The minimum atomic E-state index is 0.173. The van der Waals surface area contributed by atoms with Crippen LogP contribution in [0.1, 0.15) is 19.2 Å². The van der Waals surface area contributed by atoms with Crippen LogP contribution in [0.5, 0.6) is 0 Å². The van der Waals surface area contributed by atoms with Crippen molar-refractivity contribution in [3.05, 3.63) is 42.5 Å². The average molecular weight is 254 g/mol. The van der Waals surface area contributed by atoms with Gasteiger partial charge >= 0.3 is 0 Å². The number of hydrogen-bond donors (Lipinski definition) is 1. The summed E-state index contributed by atoms with van der Waals surface area (Å²) in [5, 5.41) is 1.06. The fourth-order valence-corrected chi connectivity index (χ4v) is 2.11. The van der Waals surface area contributed by atoms with Crippen molar-refractivity contribution in [2.45, 2.75) is 19.8 Å². The second-order valence-corrected chi connectivity index (χ2v) is 4.59. The number of hydrogen-bond acceptors (Lipinski definition) is 3. The fraction of sp³-hybridized carbons (Fsp3) is 0.200. The van der Waals surface area contributed by atoms with Gasteiger partial charge in [0.15, 0.2) is 0 Å². The van der Waals surface area contributed by atoms with E-state index < -0.39 is 0 Å². The highest BCUT2D eigenvalue weighted by Crippen LogP contribution is 2.29. The number of nitrogens with zero attached hydrogens (tertiary/aromatic N) is 1. The Balaban J connectivity index is 1.92. The molecule has 0 aliphatic carbocycles. The highest BCUT2D eigenvalue weighted by molar-refractivity contribution is 5.92. The predicted molar refractivity (Wildman–Crippen MR) is 72.8 cm³/mol. The first kappa shape index (κ1) is 11.7. The van der Waals surface area contributed by atoms with Gasteiger partial charge in [-0.15, -0.1) is 0 Å². The van der Waals surface area contributed by atoms with E-state index in [1.807, 2.05) is 24.3 Å². The number of aromatic amines is 1. The van der Waals surface area contributed by atoms with Crippen LogP contribution < -0.4 is 0 Å². The molecule has 0 spiro atoms. The zero-order chi connectivity index (χ0) is 13.2. The van der Waals surface area contributed by atoms with Crippen LogP contribution in [-0.2, 0) is 11.2 Å². The van der Waals surface area contributed by atoms with Crippen LogP contribution in [0.3, 0.4) is 0 Å². The molecule has 0 aliphatic heterocycles. The second kappa shape index (κ2) is 4.72. The molecule has 2 heterocycles. The Morgan fingerprint density at radius 2 is 2.21 bits per heavy atom. The van der Waals surface area contributed by atoms with Crippen molar-refractivity contribution in [3.8, 4) is 11.3 Å². The zero-order valence-electron chi connectivity index (χ0n) is 10.6. The Labute approximate surface area is 110 Å². The smallest absolute Gasteiger partial charge is 0.134 e. The number of carbonyl (C=O) groups is 1. The molecule has 0 amide bonds. The van der Waals surface area contributed by atoms with Crippen molar-refractivity contribution in [1.82, 2.24) is 9.97 Å². The lowest BCUT2D eigenvalue weighted by atomic mass is 10.1. The third-order valence-corrected chi connectivity index (χ3v) is 3.11. The normalized spacial score (nSPS) is 11.0. The molecule has 4 heteroatoms. The SMILES string of the molecule is CC(=O)CCc1ncc(-c2coc3ccccc23)[nH]1. The van der Waals surface area contributed by atoms with Crippen LogP contribution in [0.2, 0.25) is 0 Å². The van der Waals surface area contributed by atoms with E-state index in [1.165, 1.54) is 0 Å². The van der Waals surface area contributed by atoms with E-state index in [-0.39, 0.29) is 5.78 Å². The highest BCUT2D eigenvalue weighted by atomic mass is 16.3. The highest BCUT2D eigenvalue weighted by Gasteiger charge is 2.10. The first-order valence-electron chi connectivity index (χ1n) is 6.24. The Kier molecular flexibility index (Phi) is 2.91. The van der Waals surface area contributed by atoms with E-state index in [0.717, 1.165) is 28.1 Å². The number of para-hydroxylation sites is 1. The quantitative estimate of drug-likeness (QED) is 0.776. The van der Waals surface area contributed by atoms with Gasteiger partial charge in [-0.05, 0) is 13.0 Å². The molecule has 2 aromatic heterocycles. The number of imidazole rings is 1. The summed E-state index contributed by atoms with van der Waals surface area (Å²) < 4.78 is 5.51. The monoisotopic (exact) mass is 254 g/mol. The number of furan rings is 1. The summed E-state index contributed by atoms with van der Waals surface area (Å²) in [6, 6.07) is 7.88. The summed E-state index contributed by atoms with van der Waals surface area (Å²) in [7, 11) is 0. The molecule has 3 rings (SSSR count). The van der Waals surface area contributed by atoms with E-state index in [2.05, 4.69) is 9.97 Å². The van der Waals surface area contributed by atoms with Crippen LogP contribution in [0.15, 0.2) is 41.1 Å². The lowest BCUT2D eigenvalue weighted by molar-refractivity contribution is -0.117. The molecule has 0 saturated heterocycles. The summed E-state index contributed by atoms with van der Waals surface area (Å²) in [4.78, 5) is 18.5. The Hall–Kier alpha value is -2.36. The minimum Gasteiger partial charge on any atom is -0.464 e. The third-order valence-electron chi connectivity index (χ3n) is 3.11. The number of carbonyl (C=O) groups excluding carboxylic acids is 1. The summed E-state index contributed by atoms with van der Waals surface area (Å²) in [6.45, 7) is 1.59. The minimum absolute atomic E-state index is 0.173. The van der Waals surface area contributed by atoms with Crippen molar-refractivity contribution in [2.24, 2.45) is 0 Å². The Morgan fingerprint density at radius 1 is 1.37 bits per heavy atom. The molecule has 4 nitrogen and oxygen atoms in total. The van der Waals surface area contributed by atoms with Gasteiger partial charge in [-0.2, -0.15) is 0 Å². The molecular formula is C15H14N2O2. The van der Waals surface area contributed by atoms with Gasteiger partial charge in [0.1, 0.15) is 23.5 Å². The van der Waals surface area contributed by atoms with Crippen molar-refractivity contribution in [3.63, 3.8) is 0 Å². The van der Waals surface area contributed by atoms with Crippen molar-refractivity contribution >= 4 is 16.8 Å². The molecule has 0 fully saturated rings. The van der Waals surface area contributed by atoms with Crippen LogP contribution in [0.25, 0.3) is 22.2 Å². The molecule has 96 valence electrons. The zero-order valence-corrected chi connectivity index (χ0v) is 10.6. The van der Waals surface area contributed by atoms with E-state index in [1.54, 1.807) is 19.4 Å². The molecular weight excluding hydrogens is 240 g/mol. The van der Waals surface area contributed by atoms with E-state index in [4.69, 9.17) is 4.42 Å². The number of aromatic nitrogens is 2. The number of Topliss-reactive ketones (excluding diaryl/α,β-unsaturated/α-hetero) is 1. The molecule has 0 unspecified atom stereocenters. The number of aryl methyl sites for hydroxylation is 1. The maximum Gasteiger partial charge on any atom is 0.134 e. The molecule has 0 atom stereocenters. The van der Waals surface area contributed by atoms with Gasteiger partial charge in [0.25, 0.3) is 0 Å². The summed E-state index contributed by atoms with van der Waals surface area (Å²) >= 11 is 0. The Morgan fingerprint density at radius 3 is 3.05 bits per heavy atom. The standard InChI is InChI=1S/C15H14N2O2/c1-10(18)6-7-15-16-8-13(17-15)12-9-19-14-5-3-2-4-11(12)14/h2-5,8-9H,6-7H2,1H3,(H,16,17). The van der Waals surface area contributed by atoms with Crippen LogP contribution in [-0.4, -0.2) is 15.8 Å². The third kappa shape index (κ3) is 2.29.